The van der Waals surface area contributed by atoms with Crippen LogP contribution in [0.5, 0.6) is 6.01 Å². The molecular formula is C33H40F2N8OS. The molecule has 7 heterocycles. The van der Waals surface area contributed by atoms with E-state index in [4.69, 9.17) is 25.4 Å². The first-order valence-electron chi connectivity index (χ1n) is 16.2. The maximum atomic E-state index is 16.0. The van der Waals surface area contributed by atoms with E-state index < -0.39 is 6.17 Å². The number of fused-ring (bicyclic) bond motifs is 5. The lowest BCUT2D eigenvalue weighted by molar-refractivity contribution is 0.107. The van der Waals surface area contributed by atoms with Gasteiger partial charge in [-0.05, 0) is 63.3 Å². The lowest BCUT2D eigenvalue weighted by atomic mass is 9.94. The Labute approximate surface area is 265 Å². The molecule has 0 aliphatic carbocycles. The van der Waals surface area contributed by atoms with Gasteiger partial charge in [-0.25, -0.2) is 13.8 Å². The first kappa shape index (κ1) is 29.1. The second kappa shape index (κ2) is 10.9. The van der Waals surface area contributed by atoms with Crippen molar-refractivity contribution in [3.63, 3.8) is 0 Å². The maximum absolute atomic E-state index is 16.0. The third-order valence-corrected chi connectivity index (χ3v) is 11.5. The van der Waals surface area contributed by atoms with Crippen LogP contribution < -0.4 is 26.0 Å². The number of nitrogens with two attached hydrogens (primary N) is 1. The number of hydrogen-bond acceptors (Lipinski definition) is 10. The van der Waals surface area contributed by atoms with Crippen molar-refractivity contribution in [3.05, 3.63) is 29.2 Å². The van der Waals surface area contributed by atoms with Gasteiger partial charge in [0.05, 0.1) is 16.2 Å². The molecule has 12 heteroatoms. The van der Waals surface area contributed by atoms with Crippen molar-refractivity contribution in [2.24, 2.45) is 0 Å². The van der Waals surface area contributed by atoms with E-state index in [0.29, 0.717) is 76.6 Å². The van der Waals surface area contributed by atoms with E-state index in [2.05, 4.69) is 20.4 Å². The van der Waals surface area contributed by atoms with Crippen molar-refractivity contribution in [1.29, 1.82) is 0 Å². The van der Waals surface area contributed by atoms with E-state index in [0.717, 1.165) is 66.8 Å². The predicted molar refractivity (Wildman–Crippen MR) is 177 cm³/mol. The zero-order valence-corrected chi connectivity index (χ0v) is 26.9. The SMILES string of the molecule is CCc1c(N)sc2ccc(F)c(-c3c(C)nc4c(N5CC6CCC(C5)N6)nc(OC[C@@]56CCCN5C[C@H](F)C6)nc4c3NC)c12. The average Bonchev–Trinajstić information content (AvgIpc) is 3.75. The summed E-state index contributed by atoms with van der Waals surface area (Å²) in [5.41, 5.74) is 10.8. The fourth-order valence-electron chi connectivity index (χ4n) is 8.52. The monoisotopic (exact) mass is 634 g/mol. The zero-order valence-electron chi connectivity index (χ0n) is 26.1. The number of nitrogen functional groups attached to an aromatic ring is 1. The third-order valence-electron chi connectivity index (χ3n) is 10.5. The highest BCUT2D eigenvalue weighted by Crippen LogP contribution is 2.47. The Bertz CT molecular complexity index is 1800. The van der Waals surface area contributed by atoms with Gasteiger partial charge in [0, 0.05) is 72.1 Å². The molecule has 4 N–H and O–H groups in total. The number of alkyl halides is 1. The summed E-state index contributed by atoms with van der Waals surface area (Å²) in [7, 11) is 1.83. The minimum Gasteiger partial charge on any atom is -0.461 e. The van der Waals surface area contributed by atoms with E-state index in [1.54, 1.807) is 6.07 Å². The quantitative estimate of drug-likeness (QED) is 0.245. The molecule has 1 aromatic carbocycles. The van der Waals surface area contributed by atoms with Crippen molar-refractivity contribution in [1.82, 2.24) is 25.2 Å². The van der Waals surface area contributed by atoms with E-state index in [1.807, 2.05) is 20.9 Å². The second-order valence-electron chi connectivity index (χ2n) is 13.2. The molecule has 4 saturated heterocycles. The number of piperazine rings is 1. The number of rotatable bonds is 7. The number of nitrogens with zero attached hydrogens (tertiary/aromatic N) is 5. The van der Waals surface area contributed by atoms with Crippen LogP contribution in [0, 0.1) is 12.7 Å². The molecule has 2 unspecified atom stereocenters. The molecule has 9 nitrogen and oxygen atoms in total. The number of aromatic nitrogens is 3. The number of halogens is 2. The molecule has 4 fully saturated rings. The summed E-state index contributed by atoms with van der Waals surface area (Å²) in [5, 5.41) is 8.60. The fraction of sp³-hybridized carbons (Fsp3) is 0.545. The molecule has 4 aromatic rings. The van der Waals surface area contributed by atoms with Crippen LogP contribution in [-0.2, 0) is 6.42 Å². The number of aryl methyl sites for hydroxylation is 2. The highest BCUT2D eigenvalue weighted by atomic mass is 32.1. The normalized spacial score (nSPS) is 26.3. The number of hydrogen-bond donors (Lipinski definition) is 3. The van der Waals surface area contributed by atoms with Crippen molar-refractivity contribution in [3.8, 4) is 17.1 Å². The van der Waals surface area contributed by atoms with Crippen molar-refractivity contribution in [2.75, 3.05) is 55.8 Å². The molecule has 2 bridgehead atoms. The van der Waals surface area contributed by atoms with Crippen LogP contribution in [0.3, 0.4) is 0 Å². The van der Waals surface area contributed by atoms with Crippen molar-refractivity contribution in [2.45, 2.75) is 76.2 Å². The second-order valence-corrected chi connectivity index (χ2v) is 14.3. The third kappa shape index (κ3) is 4.62. The molecule has 4 aliphatic heterocycles. The highest BCUT2D eigenvalue weighted by molar-refractivity contribution is 7.23. The van der Waals surface area contributed by atoms with Crippen LogP contribution in [0.4, 0.5) is 25.3 Å². The Morgan fingerprint density at radius 2 is 1.93 bits per heavy atom. The highest BCUT2D eigenvalue weighted by Gasteiger charge is 2.49. The number of ether oxygens (including phenoxy) is 1. The molecule has 238 valence electrons. The van der Waals surface area contributed by atoms with Gasteiger partial charge in [0.1, 0.15) is 29.6 Å². The van der Waals surface area contributed by atoms with Crippen LogP contribution in [0.25, 0.3) is 32.2 Å². The van der Waals surface area contributed by atoms with E-state index in [1.165, 1.54) is 17.4 Å². The van der Waals surface area contributed by atoms with Gasteiger partial charge < -0.3 is 26.0 Å². The molecule has 0 spiro atoms. The molecule has 0 amide bonds. The number of nitrogens with one attached hydrogen (secondary N) is 2. The minimum atomic E-state index is -0.847. The number of benzene rings is 1. The first-order chi connectivity index (χ1) is 21.8. The summed E-state index contributed by atoms with van der Waals surface area (Å²) in [6.45, 7) is 7.25. The predicted octanol–water partition coefficient (Wildman–Crippen LogP) is 5.44. The van der Waals surface area contributed by atoms with Gasteiger partial charge in [-0.1, -0.05) is 6.92 Å². The van der Waals surface area contributed by atoms with Gasteiger partial charge in [0.15, 0.2) is 5.82 Å². The minimum absolute atomic E-state index is 0.243. The Morgan fingerprint density at radius 3 is 2.69 bits per heavy atom. The molecule has 0 saturated carbocycles. The van der Waals surface area contributed by atoms with Crippen molar-refractivity contribution >= 4 is 49.0 Å². The largest absolute Gasteiger partial charge is 0.461 e. The number of pyridine rings is 1. The van der Waals surface area contributed by atoms with Gasteiger partial charge >= 0.3 is 6.01 Å². The van der Waals surface area contributed by atoms with E-state index in [9.17, 15) is 4.39 Å². The van der Waals surface area contributed by atoms with Gasteiger partial charge in [-0.3, -0.25) is 4.90 Å². The van der Waals surface area contributed by atoms with Gasteiger partial charge in [-0.2, -0.15) is 9.97 Å². The Kier molecular flexibility index (Phi) is 7.03. The summed E-state index contributed by atoms with van der Waals surface area (Å²) >= 11 is 1.48. The van der Waals surface area contributed by atoms with Crippen LogP contribution in [0.1, 0.15) is 50.3 Å². The summed E-state index contributed by atoms with van der Waals surface area (Å²) in [6.07, 6.45) is 4.49. The molecule has 0 radical (unpaired) electrons. The summed E-state index contributed by atoms with van der Waals surface area (Å²) in [6, 6.07) is 4.33. The Balaban J connectivity index is 1.31. The van der Waals surface area contributed by atoms with Gasteiger partial charge in [-0.15, -0.1) is 11.3 Å². The molecule has 4 atom stereocenters. The lowest BCUT2D eigenvalue weighted by Crippen LogP contribution is -2.51. The zero-order chi connectivity index (χ0) is 31.0. The molecule has 45 heavy (non-hydrogen) atoms. The topological polar surface area (TPSA) is 104 Å². The standard InChI is InChI=1S/C33H40F2N8OS/c1-4-21-25-23(45-30(21)36)9-8-22(35)26(25)24-17(2)38-29-28(27(24)37-3)40-32(41-31(29)42-14-19-6-7-20(15-42)39-19)44-16-33-10-5-11-43(33)13-18(34)12-33/h8-9,18-20,39H,4-7,10-16,36H2,1-3H3,(H,37,38)/t18-,19?,20?,33+/m1/s1. The summed E-state index contributed by atoms with van der Waals surface area (Å²) in [5.74, 6) is 0.394. The first-order valence-corrected chi connectivity index (χ1v) is 17.0. The van der Waals surface area contributed by atoms with E-state index >= 15 is 4.39 Å². The molecular weight excluding hydrogens is 594 g/mol. The van der Waals surface area contributed by atoms with Crippen LogP contribution >= 0.6 is 11.3 Å². The van der Waals surface area contributed by atoms with Crippen LogP contribution in [0.2, 0.25) is 0 Å². The number of anilines is 3. The lowest BCUT2D eigenvalue weighted by Gasteiger charge is -2.34. The average molecular weight is 635 g/mol. The van der Waals surface area contributed by atoms with Crippen LogP contribution in [0.15, 0.2) is 12.1 Å². The smallest absolute Gasteiger partial charge is 0.319 e. The fourth-order valence-corrected chi connectivity index (χ4v) is 9.59. The van der Waals surface area contributed by atoms with Crippen LogP contribution in [-0.4, -0.2) is 83.5 Å². The molecule has 8 rings (SSSR count). The molecule has 3 aromatic heterocycles. The maximum Gasteiger partial charge on any atom is 0.319 e. The van der Waals surface area contributed by atoms with Gasteiger partial charge in [0.2, 0.25) is 0 Å². The number of thiophene rings is 1. The Morgan fingerprint density at radius 1 is 1.13 bits per heavy atom. The Hall–Kier alpha value is -3.35. The molecule has 4 aliphatic rings. The van der Waals surface area contributed by atoms with Crippen molar-refractivity contribution < 1.29 is 13.5 Å². The van der Waals surface area contributed by atoms with Gasteiger partial charge in [0.25, 0.3) is 0 Å². The summed E-state index contributed by atoms with van der Waals surface area (Å²) in [4.78, 5) is 19.6. The van der Waals surface area contributed by atoms with E-state index in [-0.39, 0.29) is 17.4 Å². The summed E-state index contributed by atoms with van der Waals surface area (Å²) < 4.78 is 38.0.